The summed E-state index contributed by atoms with van der Waals surface area (Å²) in [5, 5.41) is 1.39. The lowest BCUT2D eigenvalue weighted by Crippen LogP contribution is -2.48. The number of ether oxygens (including phenoxy) is 2. The molecular formula is C27H24ClN3O3S. The predicted octanol–water partition coefficient (Wildman–Crippen LogP) is 5.61. The Kier molecular flexibility index (Phi) is 5.84. The van der Waals surface area contributed by atoms with E-state index < -0.39 is 0 Å². The van der Waals surface area contributed by atoms with Crippen LogP contribution < -0.4 is 9.47 Å². The molecule has 2 aromatic heterocycles. The van der Waals surface area contributed by atoms with Gasteiger partial charge in [-0.1, -0.05) is 17.7 Å². The molecule has 8 heteroatoms. The van der Waals surface area contributed by atoms with Crippen molar-refractivity contribution in [1.82, 2.24) is 14.8 Å². The maximum Gasteiger partial charge on any atom is 0.254 e. The zero-order chi connectivity index (χ0) is 23.9. The molecule has 0 radical (unpaired) electrons. The van der Waals surface area contributed by atoms with E-state index in [1.165, 1.54) is 10.4 Å². The molecular weight excluding hydrogens is 482 g/mol. The number of benzene rings is 2. The molecule has 0 atom stereocenters. The zero-order valence-corrected chi connectivity index (χ0v) is 20.9. The second kappa shape index (κ2) is 9.15. The van der Waals surface area contributed by atoms with Crippen LogP contribution >= 0.6 is 22.9 Å². The monoisotopic (exact) mass is 505 g/mol. The molecule has 2 aliphatic heterocycles. The van der Waals surface area contributed by atoms with Crippen molar-refractivity contribution < 1.29 is 14.3 Å². The number of carbonyl (C=O) groups excluding carboxylic acids is 1. The third-order valence-corrected chi connectivity index (χ3v) is 7.75. The number of nitrogens with zero attached hydrogens (tertiary/aromatic N) is 3. The van der Waals surface area contributed by atoms with Crippen LogP contribution in [0.25, 0.3) is 21.5 Å². The highest BCUT2D eigenvalue weighted by molar-refractivity contribution is 7.15. The number of aryl methyl sites for hydroxylation is 1. The summed E-state index contributed by atoms with van der Waals surface area (Å²) in [6.07, 6.45) is 0. The van der Waals surface area contributed by atoms with Crippen molar-refractivity contribution in [3.8, 4) is 22.1 Å². The van der Waals surface area contributed by atoms with E-state index in [2.05, 4.69) is 30.0 Å². The number of hydrogen-bond donors (Lipinski definition) is 0. The van der Waals surface area contributed by atoms with Crippen molar-refractivity contribution in [2.24, 2.45) is 0 Å². The maximum absolute atomic E-state index is 13.7. The molecule has 0 saturated carbocycles. The van der Waals surface area contributed by atoms with Crippen molar-refractivity contribution in [2.45, 2.75) is 13.5 Å². The number of piperazine rings is 1. The van der Waals surface area contributed by atoms with Crippen LogP contribution in [0.4, 0.5) is 0 Å². The fourth-order valence-corrected chi connectivity index (χ4v) is 5.65. The Morgan fingerprint density at radius 3 is 2.63 bits per heavy atom. The van der Waals surface area contributed by atoms with Gasteiger partial charge in [0.15, 0.2) is 11.5 Å². The van der Waals surface area contributed by atoms with E-state index in [-0.39, 0.29) is 12.7 Å². The smallest absolute Gasteiger partial charge is 0.254 e. The summed E-state index contributed by atoms with van der Waals surface area (Å²) in [5.74, 6) is 1.62. The van der Waals surface area contributed by atoms with E-state index in [4.69, 9.17) is 26.1 Å². The van der Waals surface area contributed by atoms with Gasteiger partial charge in [-0.25, -0.2) is 4.98 Å². The highest BCUT2D eigenvalue weighted by Gasteiger charge is 2.25. The molecule has 35 heavy (non-hydrogen) atoms. The molecule has 1 saturated heterocycles. The normalized spacial score (nSPS) is 15.7. The first-order valence-electron chi connectivity index (χ1n) is 11.6. The standard InChI is InChI=1S/C27H24ClN3O3S/c1-17-2-7-26(35-17)23-14-21(20-13-19(28)4-5-22(20)29-23)27(32)31-10-8-30(9-11-31)15-18-3-6-24-25(12-18)34-16-33-24/h2-7,12-14H,8-11,15-16H2,1H3. The van der Waals surface area contributed by atoms with Gasteiger partial charge in [0.1, 0.15) is 0 Å². The molecule has 6 rings (SSSR count). The number of halogens is 1. The summed E-state index contributed by atoms with van der Waals surface area (Å²) in [7, 11) is 0. The van der Waals surface area contributed by atoms with Crippen molar-refractivity contribution in [1.29, 1.82) is 0 Å². The highest BCUT2D eigenvalue weighted by Crippen LogP contribution is 2.34. The number of fused-ring (bicyclic) bond motifs is 2. The van der Waals surface area contributed by atoms with E-state index in [0.29, 0.717) is 23.7 Å². The minimum Gasteiger partial charge on any atom is -0.454 e. The first-order chi connectivity index (χ1) is 17.0. The Morgan fingerprint density at radius 1 is 1.00 bits per heavy atom. The van der Waals surface area contributed by atoms with Gasteiger partial charge in [-0.2, -0.15) is 0 Å². The molecule has 0 spiro atoms. The third-order valence-electron chi connectivity index (χ3n) is 6.50. The summed E-state index contributed by atoms with van der Waals surface area (Å²) in [4.78, 5) is 25.1. The summed E-state index contributed by atoms with van der Waals surface area (Å²) in [6, 6.07) is 17.7. The Morgan fingerprint density at radius 2 is 1.83 bits per heavy atom. The van der Waals surface area contributed by atoms with Gasteiger partial charge in [-0.3, -0.25) is 9.69 Å². The van der Waals surface area contributed by atoms with Gasteiger partial charge >= 0.3 is 0 Å². The first-order valence-corrected chi connectivity index (χ1v) is 12.8. The van der Waals surface area contributed by atoms with Crippen molar-refractivity contribution in [3.63, 3.8) is 0 Å². The average Bonchev–Trinajstić information content (AvgIpc) is 3.52. The highest BCUT2D eigenvalue weighted by atomic mass is 35.5. The van der Waals surface area contributed by atoms with E-state index in [9.17, 15) is 4.79 Å². The minimum absolute atomic E-state index is 0.0249. The van der Waals surface area contributed by atoms with Gasteiger partial charge in [-0.15, -0.1) is 11.3 Å². The largest absolute Gasteiger partial charge is 0.454 e. The maximum atomic E-state index is 13.7. The van der Waals surface area contributed by atoms with Crippen molar-refractivity contribution in [2.75, 3.05) is 33.0 Å². The number of hydrogen-bond acceptors (Lipinski definition) is 6. The van der Waals surface area contributed by atoms with E-state index in [0.717, 1.165) is 52.6 Å². The number of thiophene rings is 1. The minimum atomic E-state index is 0.0249. The fourth-order valence-electron chi connectivity index (χ4n) is 4.65. The Balaban J connectivity index is 1.22. The zero-order valence-electron chi connectivity index (χ0n) is 19.3. The van der Waals surface area contributed by atoms with Crippen LogP contribution in [0.5, 0.6) is 11.5 Å². The number of aromatic nitrogens is 1. The van der Waals surface area contributed by atoms with Crippen LogP contribution in [0.1, 0.15) is 20.8 Å². The summed E-state index contributed by atoms with van der Waals surface area (Å²) >= 11 is 7.98. The topological polar surface area (TPSA) is 54.9 Å². The van der Waals surface area contributed by atoms with Crippen LogP contribution in [0.15, 0.2) is 54.6 Å². The average molecular weight is 506 g/mol. The van der Waals surface area contributed by atoms with E-state index >= 15 is 0 Å². The van der Waals surface area contributed by atoms with Crippen LogP contribution in [0, 0.1) is 6.92 Å². The molecule has 2 aromatic carbocycles. The molecule has 178 valence electrons. The SMILES string of the molecule is Cc1ccc(-c2cc(C(=O)N3CCN(Cc4ccc5c(c4)OCO5)CC3)c3cc(Cl)ccc3n2)s1. The van der Waals surface area contributed by atoms with Gasteiger partial charge in [0.2, 0.25) is 6.79 Å². The van der Waals surface area contributed by atoms with Gasteiger partial charge in [0.05, 0.1) is 21.7 Å². The molecule has 0 unspecified atom stereocenters. The third kappa shape index (κ3) is 4.47. The van der Waals surface area contributed by atoms with Crippen molar-refractivity contribution in [3.05, 3.63) is 75.6 Å². The molecule has 4 heterocycles. The second-order valence-corrected chi connectivity index (χ2v) is 10.6. The molecule has 1 amide bonds. The first kappa shape index (κ1) is 22.3. The lowest BCUT2D eigenvalue weighted by molar-refractivity contribution is 0.0630. The summed E-state index contributed by atoms with van der Waals surface area (Å²) in [6.45, 7) is 6.12. The quantitative estimate of drug-likeness (QED) is 0.361. The molecule has 0 aliphatic carbocycles. The number of pyridine rings is 1. The van der Waals surface area contributed by atoms with Crippen LogP contribution in [0.3, 0.4) is 0 Å². The Labute approximate surface area is 212 Å². The Bertz CT molecular complexity index is 1430. The molecule has 0 N–H and O–H groups in total. The second-order valence-electron chi connectivity index (χ2n) is 8.88. The van der Waals surface area contributed by atoms with Gasteiger partial charge < -0.3 is 14.4 Å². The molecule has 1 fully saturated rings. The van der Waals surface area contributed by atoms with Crippen LogP contribution in [-0.4, -0.2) is 53.7 Å². The van der Waals surface area contributed by atoms with Crippen LogP contribution in [-0.2, 0) is 6.54 Å². The van der Waals surface area contributed by atoms with Crippen LogP contribution in [0.2, 0.25) is 5.02 Å². The number of rotatable bonds is 4. The van der Waals surface area contributed by atoms with Gasteiger partial charge in [0, 0.05) is 48.0 Å². The molecule has 4 aromatic rings. The lowest BCUT2D eigenvalue weighted by atomic mass is 10.0. The lowest BCUT2D eigenvalue weighted by Gasteiger charge is -2.35. The van der Waals surface area contributed by atoms with E-state index in [1.54, 1.807) is 11.3 Å². The number of amides is 1. The summed E-state index contributed by atoms with van der Waals surface area (Å²) < 4.78 is 10.9. The molecule has 2 aliphatic rings. The molecule has 6 nitrogen and oxygen atoms in total. The molecule has 0 bridgehead atoms. The number of carbonyl (C=O) groups is 1. The van der Waals surface area contributed by atoms with Gasteiger partial charge in [0.25, 0.3) is 5.91 Å². The summed E-state index contributed by atoms with van der Waals surface area (Å²) in [5.41, 5.74) is 3.44. The predicted molar refractivity (Wildman–Crippen MR) is 139 cm³/mol. The van der Waals surface area contributed by atoms with Gasteiger partial charge in [-0.05, 0) is 61.0 Å². The van der Waals surface area contributed by atoms with Crippen molar-refractivity contribution >= 4 is 39.7 Å². The van der Waals surface area contributed by atoms with E-state index in [1.807, 2.05) is 41.3 Å². The Hall–Kier alpha value is -3.13. The fraction of sp³-hybridized carbons (Fsp3) is 0.259.